The molecule has 0 bridgehead atoms. The Morgan fingerprint density at radius 3 is 1.17 bits per heavy atom. The molecule has 0 aliphatic heterocycles. The first-order chi connectivity index (χ1) is 13.6. The highest BCUT2D eigenvalue weighted by Gasteiger charge is 2.62. The number of carbonyl (C=O) groups is 2. The zero-order chi connectivity index (χ0) is 23.6. The van der Waals surface area contributed by atoms with Crippen molar-refractivity contribution in [3.8, 4) is 0 Å². The van der Waals surface area contributed by atoms with Crippen LogP contribution in [0.25, 0.3) is 0 Å². The van der Waals surface area contributed by atoms with E-state index in [-0.39, 0.29) is 0 Å². The molecule has 6 nitrogen and oxygen atoms in total. The number of hydrogen-bond acceptors (Lipinski definition) is 6. The van der Waals surface area contributed by atoms with E-state index in [0.717, 1.165) is 38.5 Å². The molecule has 0 aliphatic rings. The van der Waals surface area contributed by atoms with Crippen LogP contribution in [0.4, 0.5) is 0 Å². The Hall–Kier alpha value is -0.706. The van der Waals surface area contributed by atoms with Gasteiger partial charge in [-0.1, -0.05) is 39.5 Å². The van der Waals surface area contributed by atoms with Gasteiger partial charge in [0.1, 0.15) is 0 Å². The standard InChI is InChI=1S/C22H46O6Si2/c1-11-13-15-17-25-19(23)21(3,27-29(5,6)7)22(4,28-30(8,9)10)20(24)26-18-16-14-12-2/h11-18H2,1-10H3. The molecule has 0 rings (SSSR count). The van der Waals surface area contributed by atoms with Crippen LogP contribution in [0.15, 0.2) is 0 Å². The fourth-order valence-corrected chi connectivity index (χ4v) is 6.21. The van der Waals surface area contributed by atoms with Crippen LogP contribution in [0.3, 0.4) is 0 Å². The molecule has 2 atom stereocenters. The number of hydrogen-bond donors (Lipinski definition) is 0. The molecule has 0 heterocycles. The van der Waals surface area contributed by atoms with Crippen molar-refractivity contribution in [2.24, 2.45) is 0 Å². The Balaban J connectivity index is 5.99. The van der Waals surface area contributed by atoms with Crippen LogP contribution in [0.1, 0.15) is 66.2 Å². The van der Waals surface area contributed by atoms with Crippen LogP contribution in [0.2, 0.25) is 39.3 Å². The van der Waals surface area contributed by atoms with Gasteiger partial charge in [-0.15, -0.1) is 0 Å². The number of carbonyl (C=O) groups excluding carboxylic acids is 2. The van der Waals surface area contributed by atoms with E-state index in [1.54, 1.807) is 13.8 Å². The summed E-state index contributed by atoms with van der Waals surface area (Å²) < 4.78 is 23.9. The van der Waals surface area contributed by atoms with Gasteiger partial charge in [0, 0.05) is 0 Å². The van der Waals surface area contributed by atoms with E-state index in [1.165, 1.54) is 0 Å². The highest BCUT2D eigenvalue weighted by Crippen LogP contribution is 2.37. The van der Waals surface area contributed by atoms with Gasteiger partial charge in [-0.3, -0.25) is 0 Å². The predicted molar refractivity (Wildman–Crippen MR) is 127 cm³/mol. The molecule has 30 heavy (non-hydrogen) atoms. The second-order valence-electron chi connectivity index (χ2n) is 10.2. The Kier molecular flexibility index (Phi) is 12.1. The lowest BCUT2D eigenvalue weighted by Crippen LogP contribution is -2.68. The molecule has 0 radical (unpaired) electrons. The molecule has 0 fully saturated rings. The minimum atomic E-state index is -2.26. The lowest BCUT2D eigenvalue weighted by Gasteiger charge is -2.47. The second kappa shape index (κ2) is 12.4. The summed E-state index contributed by atoms with van der Waals surface area (Å²) in [6, 6.07) is 0. The molecule has 0 amide bonds. The van der Waals surface area contributed by atoms with Crippen molar-refractivity contribution >= 4 is 28.6 Å². The van der Waals surface area contributed by atoms with E-state index >= 15 is 0 Å². The van der Waals surface area contributed by atoms with E-state index < -0.39 is 39.8 Å². The Labute approximate surface area is 186 Å². The van der Waals surface area contributed by atoms with Crippen LogP contribution < -0.4 is 0 Å². The third-order valence-corrected chi connectivity index (χ3v) is 6.71. The summed E-state index contributed by atoms with van der Waals surface area (Å²) in [5.41, 5.74) is -3.18. The lowest BCUT2D eigenvalue weighted by molar-refractivity contribution is -0.199. The molecule has 0 aromatic carbocycles. The minimum Gasteiger partial charge on any atom is -0.463 e. The van der Waals surface area contributed by atoms with E-state index in [9.17, 15) is 9.59 Å². The molecule has 0 saturated carbocycles. The van der Waals surface area contributed by atoms with E-state index in [4.69, 9.17) is 18.3 Å². The maximum atomic E-state index is 13.3. The van der Waals surface area contributed by atoms with Crippen LogP contribution >= 0.6 is 0 Å². The maximum absolute atomic E-state index is 13.3. The van der Waals surface area contributed by atoms with Crippen molar-refractivity contribution in [2.75, 3.05) is 13.2 Å². The van der Waals surface area contributed by atoms with Crippen LogP contribution in [-0.2, 0) is 27.9 Å². The Bertz CT molecular complexity index is 493. The number of unbranched alkanes of at least 4 members (excludes halogenated alkanes) is 4. The van der Waals surface area contributed by atoms with Gasteiger partial charge in [0.05, 0.1) is 13.2 Å². The Morgan fingerprint density at radius 2 is 0.933 bits per heavy atom. The molecular formula is C22H46O6Si2. The van der Waals surface area contributed by atoms with Crippen molar-refractivity contribution in [1.82, 2.24) is 0 Å². The zero-order valence-corrected chi connectivity index (χ0v) is 23.1. The lowest BCUT2D eigenvalue weighted by atomic mass is 9.86. The molecule has 0 aromatic rings. The minimum absolute atomic E-state index is 0.298. The van der Waals surface area contributed by atoms with Crippen LogP contribution in [0, 0.1) is 0 Å². The first kappa shape index (κ1) is 29.3. The summed E-state index contributed by atoms with van der Waals surface area (Å²) in [7, 11) is -4.52. The van der Waals surface area contributed by atoms with Gasteiger partial charge in [-0.05, 0) is 66.0 Å². The number of rotatable bonds is 15. The van der Waals surface area contributed by atoms with Gasteiger partial charge in [-0.25, -0.2) is 9.59 Å². The second-order valence-corrected chi connectivity index (χ2v) is 19.0. The maximum Gasteiger partial charge on any atom is 0.340 e. The van der Waals surface area contributed by atoms with Crippen LogP contribution in [0.5, 0.6) is 0 Å². The Morgan fingerprint density at radius 1 is 0.633 bits per heavy atom. The molecule has 178 valence electrons. The summed E-state index contributed by atoms with van der Waals surface area (Å²) in [5, 5.41) is 0. The van der Waals surface area contributed by atoms with Crippen molar-refractivity contribution in [3.05, 3.63) is 0 Å². The predicted octanol–water partition coefficient (Wildman–Crippen LogP) is 5.67. The topological polar surface area (TPSA) is 71.1 Å². The van der Waals surface area contributed by atoms with Crippen molar-refractivity contribution in [2.45, 2.75) is 117 Å². The van der Waals surface area contributed by atoms with Gasteiger partial charge in [0.2, 0.25) is 0 Å². The normalized spacial score (nSPS) is 16.5. The number of ether oxygens (including phenoxy) is 2. The summed E-state index contributed by atoms with van der Waals surface area (Å²) in [6.07, 6.45) is 5.56. The molecule has 0 spiro atoms. The largest absolute Gasteiger partial charge is 0.463 e. The smallest absolute Gasteiger partial charge is 0.340 e. The monoisotopic (exact) mass is 462 g/mol. The molecule has 8 heteroatoms. The molecule has 2 unspecified atom stereocenters. The summed E-state index contributed by atoms with van der Waals surface area (Å²) in [6.45, 7) is 19.9. The SMILES string of the molecule is CCCCCOC(=O)C(C)(O[Si](C)(C)C)C(C)(O[Si](C)(C)C)C(=O)OCCCCC. The van der Waals surface area contributed by atoms with E-state index in [1.807, 2.05) is 39.3 Å². The summed E-state index contributed by atoms with van der Waals surface area (Å²) in [5.74, 6) is -1.13. The van der Waals surface area contributed by atoms with Gasteiger partial charge in [0.15, 0.2) is 27.8 Å². The molecule has 0 saturated heterocycles. The van der Waals surface area contributed by atoms with Gasteiger partial charge >= 0.3 is 11.9 Å². The van der Waals surface area contributed by atoms with Crippen molar-refractivity contribution in [1.29, 1.82) is 0 Å². The number of esters is 2. The average Bonchev–Trinajstić information content (AvgIpc) is 2.58. The third kappa shape index (κ3) is 9.62. The molecule has 0 N–H and O–H groups in total. The van der Waals surface area contributed by atoms with Crippen molar-refractivity contribution < 1.29 is 27.9 Å². The first-order valence-electron chi connectivity index (χ1n) is 11.4. The quantitative estimate of drug-likeness (QED) is 0.177. The zero-order valence-electron chi connectivity index (χ0n) is 21.1. The van der Waals surface area contributed by atoms with E-state index in [2.05, 4.69) is 13.8 Å². The fourth-order valence-electron chi connectivity index (χ4n) is 3.20. The summed E-state index contributed by atoms with van der Waals surface area (Å²) >= 11 is 0. The van der Waals surface area contributed by atoms with Crippen molar-refractivity contribution in [3.63, 3.8) is 0 Å². The molecule has 0 aliphatic carbocycles. The van der Waals surface area contributed by atoms with E-state index in [0.29, 0.717) is 13.2 Å². The fraction of sp³-hybridized carbons (Fsp3) is 0.909. The first-order valence-corrected chi connectivity index (χ1v) is 18.2. The highest BCUT2D eigenvalue weighted by molar-refractivity contribution is 6.70. The molecular weight excluding hydrogens is 416 g/mol. The summed E-state index contributed by atoms with van der Waals surface area (Å²) in [4.78, 5) is 26.6. The van der Waals surface area contributed by atoms with Gasteiger partial charge in [0.25, 0.3) is 0 Å². The van der Waals surface area contributed by atoms with Gasteiger partial charge in [-0.2, -0.15) is 0 Å². The average molecular weight is 463 g/mol. The third-order valence-electron chi connectivity index (χ3n) is 4.67. The highest BCUT2D eigenvalue weighted by atomic mass is 28.4. The van der Waals surface area contributed by atoms with Gasteiger partial charge < -0.3 is 18.3 Å². The van der Waals surface area contributed by atoms with Crippen LogP contribution in [-0.4, -0.2) is 53.0 Å². The molecule has 0 aromatic heterocycles.